The molecule has 0 radical (unpaired) electrons. The quantitative estimate of drug-likeness (QED) is 0.777. The van der Waals surface area contributed by atoms with E-state index in [1.54, 1.807) is 6.20 Å². The van der Waals surface area contributed by atoms with Gasteiger partial charge in [-0.1, -0.05) is 43.3 Å². The van der Waals surface area contributed by atoms with E-state index in [1.807, 2.05) is 55.5 Å². The Kier molecular flexibility index (Phi) is 4.24. The van der Waals surface area contributed by atoms with Gasteiger partial charge < -0.3 is 10.1 Å². The van der Waals surface area contributed by atoms with Crippen LogP contribution in [0.2, 0.25) is 0 Å². The Labute approximate surface area is 134 Å². The Balaban J connectivity index is 2.16. The molecule has 2 N–H and O–H groups in total. The van der Waals surface area contributed by atoms with E-state index in [0.717, 1.165) is 5.56 Å². The van der Waals surface area contributed by atoms with Crippen molar-refractivity contribution < 1.29 is 5.11 Å². The molecule has 23 heavy (non-hydrogen) atoms. The standard InChI is InChI=1S/C19H18N2O2/c1-2-15-17(16-10-6-7-11-20-16)18(22)14(19(23)21-15)12-13-8-4-3-5-9-13/h3-11H,2,12H2,1H3,(H2,21,22,23). The van der Waals surface area contributed by atoms with Gasteiger partial charge in [0.2, 0.25) is 0 Å². The Morgan fingerprint density at radius 3 is 2.48 bits per heavy atom. The number of aromatic nitrogens is 2. The van der Waals surface area contributed by atoms with Crippen molar-refractivity contribution in [3.05, 3.63) is 81.9 Å². The molecule has 3 aromatic rings. The molecule has 0 fully saturated rings. The highest BCUT2D eigenvalue weighted by Gasteiger charge is 2.18. The van der Waals surface area contributed by atoms with Crippen LogP contribution in [0.25, 0.3) is 11.3 Å². The zero-order valence-electron chi connectivity index (χ0n) is 12.9. The van der Waals surface area contributed by atoms with Crippen LogP contribution in [0.15, 0.2) is 59.5 Å². The molecule has 0 unspecified atom stereocenters. The molecule has 116 valence electrons. The van der Waals surface area contributed by atoms with E-state index >= 15 is 0 Å². The van der Waals surface area contributed by atoms with Crippen LogP contribution >= 0.6 is 0 Å². The van der Waals surface area contributed by atoms with Crippen LogP contribution in [-0.4, -0.2) is 15.1 Å². The molecule has 0 aliphatic heterocycles. The minimum Gasteiger partial charge on any atom is -0.507 e. The van der Waals surface area contributed by atoms with Crippen molar-refractivity contribution in [1.29, 1.82) is 0 Å². The smallest absolute Gasteiger partial charge is 0.255 e. The van der Waals surface area contributed by atoms with Crippen LogP contribution in [0.3, 0.4) is 0 Å². The summed E-state index contributed by atoms with van der Waals surface area (Å²) in [5.74, 6) is 0.0214. The lowest BCUT2D eigenvalue weighted by molar-refractivity contribution is 0.468. The summed E-state index contributed by atoms with van der Waals surface area (Å²) in [6.45, 7) is 1.94. The normalized spacial score (nSPS) is 10.7. The first-order chi connectivity index (χ1) is 11.2. The molecule has 0 spiro atoms. The summed E-state index contributed by atoms with van der Waals surface area (Å²) >= 11 is 0. The monoisotopic (exact) mass is 306 g/mol. The summed E-state index contributed by atoms with van der Waals surface area (Å²) in [6.07, 6.45) is 2.67. The summed E-state index contributed by atoms with van der Waals surface area (Å²) in [5, 5.41) is 10.7. The van der Waals surface area contributed by atoms with Gasteiger partial charge in [0.25, 0.3) is 5.56 Å². The van der Waals surface area contributed by atoms with E-state index in [1.165, 1.54) is 0 Å². The van der Waals surface area contributed by atoms with Gasteiger partial charge in [0.1, 0.15) is 5.75 Å². The lowest BCUT2D eigenvalue weighted by Crippen LogP contribution is -2.17. The maximum Gasteiger partial charge on any atom is 0.255 e. The van der Waals surface area contributed by atoms with Gasteiger partial charge in [0, 0.05) is 18.3 Å². The number of H-pyrrole nitrogens is 1. The number of hydrogen-bond acceptors (Lipinski definition) is 3. The van der Waals surface area contributed by atoms with Crippen molar-refractivity contribution >= 4 is 0 Å². The molecule has 0 amide bonds. The molecule has 3 rings (SSSR count). The lowest BCUT2D eigenvalue weighted by atomic mass is 9.99. The largest absolute Gasteiger partial charge is 0.507 e. The zero-order chi connectivity index (χ0) is 16.2. The molecule has 0 atom stereocenters. The summed E-state index contributed by atoms with van der Waals surface area (Å²) in [6, 6.07) is 15.2. The number of benzene rings is 1. The molecule has 0 saturated carbocycles. The molecule has 0 bridgehead atoms. The fourth-order valence-corrected chi connectivity index (χ4v) is 2.69. The third-order valence-electron chi connectivity index (χ3n) is 3.86. The average Bonchev–Trinajstić information content (AvgIpc) is 2.59. The second-order valence-electron chi connectivity index (χ2n) is 5.37. The molecule has 1 aromatic carbocycles. The van der Waals surface area contributed by atoms with Crippen molar-refractivity contribution in [3.63, 3.8) is 0 Å². The van der Waals surface area contributed by atoms with E-state index in [-0.39, 0.29) is 11.3 Å². The molecule has 4 heteroatoms. The second kappa shape index (κ2) is 6.48. The Morgan fingerprint density at radius 1 is 1.09 bits per heavy atom. The maximum absolute atomic E-state index is 12.4. The van der Waals surface area contributed by atoms with Gasteiger partial charge in [0.15, 0.2) is 0 Å². The van der Waals surface area contributed by atoms with Gasteiger partial charge in [-0.15, -0.1) is 0 Å². The molecule has 2 aromatic heterocycles. The van der Waals surface area contributed by atoms with Crippen LogP contribution in [0, 0.1) is 0 Å². The van der Waals surface area contributed by atoms with E-state index in [2.05, 4.69) is 9.97 Å². The lowest BCUT2D eigenvalue weighted by Gasteiger charge is -2.13. The molecule has 0 aliphatic carbocycles. The minimum absolute atomic E-state index is 0.0214. The van der Waals surface area contributed by atoms with Gasteiger partial charge in [0.05, 0.1) is 16.8 Å². The third kappa shape index (κ3) is 3.01. The number of hydrogen-bond donors (Lipinski definition) is 2. The third-order valence-corrected chi connectivity index (χ3v) is 3.86. The van der Waals surface area contributed by atoms with E-state index in [9.17, 15) is 9.90 Å². The van der Waals surface area contributed by atoms with Crippen LogP contribution in [-0.2, 0) is 12.8 Å². The summed E-state index contributed by atoms with van der Waals surface area (Å²) in [7, 11) is 0. The molecular formula is C19H18N2O2. The van der Waals surface area contributed by atoms with Gasteiger partial charge >= 0.3 is 0 Å². The van der Waals surface area contributed by atoms with Gasteiger partial charge in [-0.25, -0.2) is 0 Å². The van der Waals surface area contributed by atoms with Crippen molar-refractivity contribution in [2.75, 3.05) is 0 Å². The average molecular weight is 306 g/mol. The van der Waals surface area contributed by atoms with Crippen LogP contribution in [0.1, 0.15) is 23.7 Å². The van der Waals surface area contributed by atoms with Gasteiger partial charge in [-0.05, 0) is 24.1 Å². The Bertz CT molecular complexity index is 856. The van der Waals surface area contributed by atoms with E-state index in [4.69, 9.17) is 0 Å². The number of nitrogens with one attached hydrogen (secondary N) is 1. The molecule has 0 aliphatic rings. The number of aryl methyl sites for hydroxylation is 1. The summed E-state index contributed by atoms with van der Waals surface area (Å²) in [5.41, 5.74) is 3.07. The number of aromatic hydroxyl groups is 1. The summed E-state index contributed by atoms with van der Waals surface area (Å²) in [4.78, 5) is 19.6. The molecule has 4 nitrogen and oxygen atoms in total. The first-order valence-electron chi connectivity index (χ1n) is 7.63. The zero-order valence-corrected chi connectivity index (χ0v) is 12.9. The molecule has 2 heterocycles. The fraction of sp³-hybridized carbons (Fsp3) is 0.158. The van der Waals surface area contributed by atoms with Crippen molar-refractivity contribution in [3.8, 4) is 17.0 Å². The van der Waals surface area contributed by atoms with E-state index in [0.29, 0.717) is 35.4 Å². The van der Waals surface area contributed by atoms with Crippen LogP contribution in [0.5, 0.6) is 5.75 Å². The summed E-state index contributed by atoms with van der Waals surface area (Å²) < 4.78 is 0. The van der Waals surface area contributed by atoms with Crippen molar-refractivity contribution in [2.24, 2.45) is 0 Å². The highest BCUT2D eigenvalue weighted by Crippen LogP contribution is 2.32. The Morgan fingerprint density at radius 2 is 1.83 bits per heavy atom. The highest BCUT2D eigenvalue weighted by molar-refractivity contribution is 5.71. The van der Waals surface area contributed by atoms with Crippen molar-refractivity contribution in [1.82, 2.24) is 9.97 Å². The van der Waals surface area contributed by atoms with Gasteiger partial charge in [-0.3, -0.25) is 9.78 Å². The SMILES string of the molecule is CCc1[nH]c(=O)c(Cc2ccccc2)c(O)c1-c1ccccn1. The number of nitrogens with zero attached hydrogens (tertiary/aromatic N) is 1. The number of rotatable bonds is 4. The number of aromatic amines is 1. The maximum atomic E-state index is 12.4. The first-order valence-corrected chi connectivity index (χ1v) is 7.63. The number of pyridine rings is 2. The predicted molar refractivity (Wildman–Crippen MR) is 90.6 cm³/mol. The molecule has 0 saturated heterocycles. The topological polar surface area (TPSA) is 66.0 Å². The van der Waals surface area contributed by atoms with Crippen LogP contribution in [0.4, 0.5) is 0 Å². The predicted octanol–water partition coefficient (Wildman–Crippen LogP) is 3.30. The minimum atomic E-state index is -0.247. The van der Waals surface area contributed by atoms with E-state index < -0.39 is 0 Å². The first kappa shape index (κ1) is 15.0. The Hall–Kier alpha value is -2.88. The fourth-order valence-electron chi connectivity index (χ4n) is 2.69. The van der Waals surface area contributed by atoms with Crippen molar-refractivity contribution in [2.45, 2.75) is 19.8 Å². The second-order valence-corrected chi connectivity index (χ2v) is 5.37. The van der Waals surface area contributed by atoms with Crippen LogP contribution < -0.4 is 5.56 Å². The highest BCUT2D eigenvalue weighted by atomic mass is 16.3. The van der Waals surface area contributed by atoms with Gasteiger partial charge in [-0.2, -0.15) is 0 Å². The molecular weight excluding hydrogens is 288 g/mol.